The maximum Gasteiger partial charge on any atom is 0.134 e. The van der Waals surface area contributed by atoms with Crippen LogP contribution in [0.3, 0.4) is 0 Å². The zero-order valence-corrected chi connectivity index (χ0v) is 11.2. The minimum atomic E-state index is -0.284. The maximum absolute atomic E-state index is 14.2. The topological polar surface area (TPSA) is 9.23 Å². The lowest BCUT2D eigenvalue weighted by Crippen LogP contribution is -2.11. The first-order valence-electron chi connectivity index (χ1n) is 6.45. The van der Waals surface area contributed by atoms with Gasteiger partial charge in [-0.05, 0) is 30.9 Å². The molecule has 0 saturated carbocycles. The quantitative estimate of drug-likeness (QED) is 0.727. The standard InChI is InChI=1S/C16H14ClFO/c17-13-7-3-1-2-6-12(13)15-14(18)9-8-11-5-4-10-19-16(11)15/h1-2,6-9H,3-5,10H2. The van der Waals surface area contributed by atoms with Crippen molar-refractivity contribution in [2.45, 2.75) is 19.3 Å². The van der Waals surface area contributed by atoms with Crippen LogP contribution in [0.1, 0.15) is 24.0 Å². The van der Waals surface area contributed by atoms with Gasteiger partial charge < -0.3 is 4.74 Å². The number of rotatable bonds is 1. The van der Waals surface area contributed by atoms with Crippen LogP contribution in [0.25, 0.3) is 5.57 Å². The number of allylic oxidation sites excluding steroid dienone is 6. The van der Waals surface area contributed by atoms with Crippen LogP contribution < -0.4 is 4.74 Å². The number of fused-ring (bicyclic) bond motifs is 1. The molecule has 0 amide bonds. The van der Waals surface area contributed by atoms with E-state index in [1.54, 1.807) is 6.07 Å². The van der Waals surface area contributed by atoms with E-state index in [9.17, 15) is 4.39 Å². The number of aryl methyl sites for hydroxylation is 1. The summed E-state index contributed by atoms with van der Waals surface area (Å²) in [6.45, 7) is 0.633. The number of benzene rings is 1. The van der Waals surface area contributed by atoms with Crippen molar-refractivity contribution in [3.63, 3.8) is 0 Å². The molecule has 1 aliphatic heterocycles. The molecule has 3 heteroatoms. The Labute approximate surface area is 117 Å². The Morgan fingerprint density at radius 1 is 1.26 bits per heavy atom. The molecule has 98 valence electrons. The van der Waals surface area contributed by atoms with Crippen LogP contribution in [0.5, 0.6) is 5.75 Å². The van der Waals surface area contributed by atoms with Crippen molar-refractivity contribution >= 4 is 17.2 Å². The fourth-order valence-corrected chi connectivity index (χ4v) is 2.70. The molecule has 0 atom stereocenters. The van der Waals surface area contributed by atoms with E-state index < -0.39 is 0 Å². The monoisotopic (exact) mass is 276 g/mol. The number of hydrogen-bond acceptors (Lipinski definition) is 1. The van der Waals surface area contributed by atoms with Gasteiger partial charge >= 0.3 is 0 Å². The first-order chi connectivity index (χ1) is 9.27. The van der Waals surface area contributed by atoms with Crippen molar-refractivity contribution in [1.29, 1.82) is 0 Å². The molecule has 0 N–H and O–H groups in total. The second kappa shape index (κ2) is 5.22. The van der Waals surface area contributed by atoms with Crippen molar-refractivity contribution in [3.05, 3.63) is 58.4 Å². The van der Waals surface area contributed by atoms with E-state index in [1.807, 2.05) is 24.3 Å². The fraction of sp³-hybridized carbons (Fsp3) is 0.250. The molecule has 0 saturated heterocycles. The highest BCUT2D eigenvalue weighted by Gasteiger charge is 2.22. The number of hydrogen-bond donors (Lipinski definition) is 0. The third-order valence-corrected chi connectivity index (χ3v) is 3.74. The molecule has 19 heavy (non-hydrogen) atoms. The van der Waals surface area contributed by atoms with Gasteiger partial charge in [-0.15, -0.1) is 0 Å². The van der Waals surface area contributed by atoms with E-state index in [4.69, 9.17) is 16.3 Å². The van der Waals surface area contributed by atoms with Gasteiger partial charge in [0.25, 0.3) is 0 Å². The molecule has 1 aliphatic carbocycles. The first kappa shape index (κ1) is 12.5. The van der Waals surface area contributed by atoms with Gasteiger partial charge in [0.15, 0.2) is 0 Å². The highest BCUT2D eigenvalue weighted by Crippen LogP contribution is 2.40. The molecular formula is C16H14ClFO. The lowest BCUT2D eigenvalue weighted by Gasteiger charge is -2.22. The van der Waals surface area contributed by atoms with Gasteiger partial charge in [-0.1, -0.05) is 42.0 Å². The lowest BCUT2D eigenvalue weighted by atomic mass is 9.96. The van der Waals surface area contributed by atoms with Crippen LogP contribution in [0.15, 0.2) is 41.5 Å². The number of halogens is 2. The largest absolute Gasteiger partial charge is 0.493 e. The Bertz CT molecular complexity index is 599. The van der Waals surface area contributed by atoms with E-state index in [2.05, 4.69) is 0 Å². The summed E-state index contributed by atoms with van der Waals surface area (Å²) in [5.74, 6) is 0.369. The van der Waals surface area contributed by atoms with Crippen LogP contribution >= 0.6 is 11.6 Å². The lowest BCUT2D eigenvalue weighted by molar-refractivity contribution is 0.286. The van der Waals surface area contributed by atoms with Gasteiger partial charge in [-0.2, -0.15) is 0 Å². The normalized spacial score (nSPS) is 18.0. The SMILES string of the molecule is Fc1ccc2c(c1C1=CC=CCC=C1Cl)OCCC2. The van der Waals surface area contributed by atoms with Gasteiger partial charge in [-0.25, -0.2) is 4.39 Å². The van der Waals surface area contributed by atoms with Crippen molar-refractivity contribution in [3.8, 4) is 5.75 Å². The Morgan fingerprint density at radius 2 is 2.16 bits per heavy atom. The smallest absolute Gasteiger partial charge is 0.134 e. The molecule has 1 nitrogen and oxygen atoms in total. The fourth-order valence-electron chi connectivity index (χ4n) is 2.46. The van der Waals surface area contributed by atoms with Crippen molar-refractivity contribution in [2.75, 3.05) is 6.61 Å². The molecule has 0 fully saturated rings. The summed E-state index contributed by atoms with van der Waals surface area (Å²) in [5, 5.41) is 0.575. The number of ether oxygens (including phenoxy) is 1. The van der Waals surface area contributed by atoms with E-state index in [0.29, 0.717) is 28.5 Å². The average molecular weight is 277 g/mol. The molecule has 1 aromatic rings. The Morgan fingerprint density at radius 3 is 3.05 bits per heavy atom. The summed E-state index contributed by atoms with van der Waals surface area (Å²) in [6.07, 6.45) is 10.3. The third kappa shape index (κ3) is 2.33. The second-order valence-electron chi connectivity index (χ2n) is 4.66. The summed E-state index contributed by atoms with van der Waals surface area (Å²) < 4.78 is 19.9. The van der Waals surface area contributed by atoms with E-state index in [0.717, 1.165) is 24.8 Å². The summed E-state index contributed by atoms with van der Waals surface area (Å²) in [5.41, 5.74) is 2.25. The zero-order valence-electron chi connectivity index (χ0n) is 10.5. The highest BCUT2D eigenvalue weighted by molar-refractivity contribution is 6.37. The van der Waals surface area contributed by atoms with E-state index in [1.165, 1.54) is 6.07 Å². The Kier molecular flexibility index (Phi) is 3.43. The van der Waals surface area contributed by atoms with Gasteiger partial charge in [-0.3, -0.25) is 0 Å². The zero-order chi connectivity index (χ0) is 13.2. The van der Waals surface area contributed by atoms with Crippen LogP contribution in [0.4, 0.5) is 4.39 Å². The van der Waals surface area contributed by atoms with Crippen LogP contribution in [0.2, 0.25) is 0 Å². The predicted octanol–water partition coefficient (Wildman–Crippen LogP) is 4.62. The minimum absolute atomic E-state index is 0.284. The summed E-state index contributed by atoms with van der Waals surface area (Å²) >= 11 is 6.27. The van der Waals surface area contributed by atoms with Gasteiger partial charge in [0.05, 0.1) is 12.2 Å². The second-order valence-corrected chi connectivity index (χ2v) is 5.07. The van der Waals surface area contributed by atoms with Crippen LogP contribution in [-0.2, 0) is 6.42 Å². The predicted molar refractivity (Wildman–Crippen MR) is 75.9 cm³/mol. The highest BCUT2D eigenvalue weighted by atomic mass is 35.5. The first-order valence-corrected chi connectivity index (χ1v) is 6.82. The molecule has 1 aromatic carbocycles. The van der Waals surface area contributed by atoms with E-state index in [-0.39, 0.29) is 5.82 Å². The molecular weight excluding hydrogens is 263 g/mol. The summed E-state index contributed by atoms with van der Waals surface area (Å²) in [6, 6.07) is 3.31. The van der Waals surface area contributed by atoms with Crippen LogP contribution in [0, 0.1) is 5.82 Å². The Hall–Kier alpha value is -1.54. The average Bonchev–Trinajstić information content (AvgIpc) is 2.64. The van der Waals surface area contributed by atoms with Crippen molar-refractivity contribution in [1.82, 2.24) is 0 Å². The summed E-state index contributed by atoms with van der Waals surface area (Å²) in [4.78, 5) is 0. The minimum Gasteiger partial charge on any atom is -0.493 e. The molecule has 1 heterocycles. The van der Waals surface area contributed by atoms with Crippen molar-refractivity contribution in [2.24, 2.45) is 0 Å². The maximum atomic E-state index is 14.2. The van der Waals surface area contributed by atoms with Crippen molar-refractivity contribution < 1.29 is 9.13 Å². The molecule has 0 radical (unpaired) electrons. The Balaban J connectivity index is 2.19. The molecule has 3 rings (SSSR count). The molecule has 0 aromatic heterocycles. The summed E-state index contributed by atoms with van der Waals surface area (Å²) in [7, 11) is 0. The molecule has 0 bridgehead atoms. The van der Waals surface area contributed by atoms with Gasteiger partial charge in [0, 0.05) is 10.6 Å². The van der Waals surface area contributed by atoms with Crippen LogP contribution in [-0.4, -0.2) is 6.61 Å². The van der Waals surface area contributed by atoms with Gasteiger partial charge in [0.2, 0.25) is 0 Å². The molecule has 2 aliphatic rings. The third-order valence-electron chi connectivity index (χ3n) is 3.38. The van der Waals surface area contributed by atoms with Gasteiger partial charge in [0.1, 0.15) is 11.6 Å². The molecule has 0 spiro atoms. The van der Waals surface area contributed by atoms with E-state index >= 15 is 0 Å². The molecule has 0 unspecified atom stereocenters.